The van der Waals surface area contributed by atoms with Crippen LogP contribution < -0.4 is 9.62 Å². The standard InChI is InChI=1S/C28H38ClN3O4S/c1-21-25(29)16-10-17-26(21)32(37(3,35)36)19-11-18-27(33)31(20-23-12-6-4-7-13-23)22(2)28(34)30-24-14-8-5-9-15-24/h4,6-7,10,12-13,16-17,22,24H,5,8-9,11,14-15,18-20H2,1-3H3,(H,30,34). The molecule has 1 unspecified atom stereocenters. The van der Waals surface area contributed by atoms with Gasteiger partial charge in [0.15, 0.2) is 0 Å². The normalized spacial score (nSPS) is 15.1. The van der Waals surface area contributed by atoms with Crippen LogP contribution in [0.4, 0.5) is 5.69 Å². The van der Waals surface area contributed by atoms with Crippen molar-refractivity contribution in [1.29, 1.82) is 0 Å². The summed E-state index contributed by atoms with van der Waals surface area (Å²) >= 11 is 6.23. The molecule has 1 N–H and O–H groups in total. The van der Waals surface area contributed by atoms with Crippen LogP contribution in [0.5, 0.6) is 0 Å². The van der Waals surface area contributed by atoms with Crippen molar-refractivity contribution < 1.29 is 18.0 Å². The summed E-state index contributed by atoms with van der Waals surface area (Å²) in [6.45, 7) is 3.97. The van der Waals surface area contributed by atoms with Crippen molar-refractivity contribution in [2.24, 2.45) is 0 Å². The summed E-state index contributed by atoms with van der Waals surface area (Å²) in [5.74, 6) is -0.338. The van der Waals surface area contributed by atoms with Crippen LogP contribution in [0.3, 0.4) is 0 Å². The maximum Gasteiger partial charge on any atom is 0.242 e. The maximum absolute atomic E-state index is 13.4. The highest BCUT2D eigenvalue weighted by Gasteiger charge is 2.28. The number of carbonyl (C=O) groups excluding carboxylic acids is 2. The Hall–Kier alpha value is -2.58. The Morgan fingerprint density at radius 2 is 1.73 bits per heavy atom. The van der Waals surface area contributed by atoms with Gasteiger partial charge in [-0.25, -0.2) is 8.42 Å². The number of rotatable bonds is 11. The van der Waals surface area contributed by atoms with Crippen molar-refractivity contribution in [3.63, 3.8) is 0 Å². The summed E-state index contributed by atoms with van der Waals surface area (Å²) < 4.78 is 26.4. The van der Waals surface area contributed by atoms with Crippen molar-refractivity contribution in [2.75, 3.05) is 17.1 Å². The minimum atomic E-state index is -3.58. The molecule has 0 heterocycles. The van der Waals surface area contributed by atoms with Crippen LogP contribution in [-0.2, 0) is 26.2 Å². The van der Waals surface area contributed by atoms with Crippen molar-refractivity contribution in [3.8, 4) is 0 Å². The maximum atomic E-state index is 13.4. The first-order valence-electron chi connectivity index (χ1n) is 12.9. The molecule has 202 valence electrons. The second kappa shape index (κ2) is 13.3. The molecule has 1 aliphatic carbocycles. The molecule has 2 aromatic carbocycles. The minimum absolute atomic E-state index is 0.111. The molecular formula is C28H38ClN3O4S. The lowest BCUT2D eigenvalue weighted by atomic mass is 9.95. The van der Waals surface area contributed by atoms with Gasteiger partial charge < -0.3 is 10.2 Å². The largest absolute Gasteiger partial charge is 0.352 e. The SMILES string of the molecule is Cc1c(Cl)cccc1N(CCCC(=O)N(Cc1ccccc1)C(C)C(=O)NC1CCCCC1)S(C)(=O)=O. The van der Waals surface area contributed by atoms with Crippen molar-refractivity contribution in [3.05, 3.63) is 64.7 Å². The predicted octanol–water partition coefficient (Wildman–Crippen LogP) is 5.06. The Balaban J connectivity index is 1.71. The van der Waals surface area contributed by atoms with Crippen LogP contribution >= 0.6 is 11.6 Å². The summed E-state index contributed by atoms with van der Waals surface area (Å²) in [7, 11) is -3.58. The van der Waals surface area contributed by atoms with Crippen LogP contribution in [0.15, 0.2) is 48.5 Å². The zero-order valence-corrected chi connectivity index (χ0v) is 23.5. The molecule has 0 saturated heterocycles. The van der Waals surface area contributed by atoms with Crippen LogP contribution in [0.2, 0.25) is 5.02 Å². The molecule has 0 aromatic heterocycles. The fraction of sp³-hybridized carbons (Fsp3) is 0.500. The van der Waals surface area contributed by atoms with Gasteiger partial charge in [-0.05, 0) is 56.4 Å². The van der Waals surface area contributed by atoms with Crippen molar-refractivity contribution >= 4 is 39.1 Å². The van der Waals surface area contributed by atoms with Crippen LogP contribution in [-0.4, -0.2) is 50.0 Å². The van der Waals surface area contributed by atoms with E-state index in [-0.39, 0.29) is 30.8 Å². The molecule has 0 aliphatic heterocycles. The summed E-state index contributed by atoms with van der Waals surface area (Å²) in [5.41, 5.74) is 2.10. The third kappa shape index (κ3) is 8.20. The number of nitrogens with zero attached hydrogens (tertiary/aromatic N) is 2. The van der Waals surface area contributed by atoms with E-state index in [4.69, 9.17) is 11.6 Å². The molecule has 9 heteroatoms. The molecule has 0 spiro atoms. The van der Waals surface area contributed by atoms with Gasteiger partial charge in [0, 0.05) is 30.6 Å². The van der Waals surface area contributed by atoms with Gasteiger partial charge in [0.2, 0.25) is 21.8 Å². The van der Waals surface area contributed by atoms with E-state index in [1.165, 1.54) is 10.7 Å². The fourth-order valence-electron chi connectivity index (χ4n) is 4.78. The van der Waals surface area contributed by atoms with E-state index in [1.54, 1.807) is 36.9 Å². The number of hydrogen-bond donors (Lipinski definition) is 1. The average molecular weight is 548 g/mol. The zero-order valence-electron chi connectivity index (χ0n) is 22.0. The quantitative estimate of drug-likeness (QED) is 0.426. The van der Waals surface area contributed by atoms with Crippen molar-refractivity contribution in [1.82, 2.24) is 10.2 Å². The lowest BCUT2D eigenvalue weighted by Crippen LogP contribution is -2.50. The van der Waals surface area contributed by atoms with Gasteiger partial charge in [-0.3, -0.25) is 13.9 Å². The van der Waals surface area contributed by atoms with E-state index < -0.39 is 16.1 Å². The number of halogens is 1. The third-order valence-corrected chi connectivity index (χ3v) is 8.56. The number of anilines is 1. The Kier molecular flexibility index (Phi) is 10.4. The smallest absolute Gasteiger partial charge is 0.242 e. The Morgan fingerprint density at radius 3 is 2.38 bits per heavy atom. The van der Waals surface area contributed by atoms with E-state index in [9.17, 15) is 18.0 Å². The third-order valence-electron chi connectivity index (χ3n) is 6.97. The topological polar surface area (TPSA) is 86.8 Å². The van der Waals surface area contributed by atoms with Crippen LogP contribution in [0, 0.1) is 6.92 Å². The van der Waals surface area contributed by atoms with Gasteiger partial charge >= 0.3 is 0 Å². The van der Waals surface area contributed by atoms with E-state index in [2.05, 4.69) is 5.32 Å². The lowest BCUT2D eigenvalue weighted by molar-refractivity contribution is -0.141. The second-order valence-electron chi connectivity index (χ2n) is 9.85. The Morgan fingerprint density at radius 1 is 1.05 bits per heavy atom. The van der Waals surface area contributed by atoms with Crippen LogP contribution in [0.25, 0.3) is 0 Å². The van der Waals surface area contributed by atoms with E-state index in [0.717, 1.165) is 37.5 Å². The molecule has 3 rings (SSSR count). The first-order valence-corrected chi connectivity index (χ1v) is 15.2. The molecular weight excluding hydrogens is 510 g/mol. The second-order valence-corrected chi connectivity index (χ2v) is 12.2. The van der Waals surface area contributed by atoms with Gasteiger partial charge in [-0.2, -0.15) is 0 Å². The number of carbonyl (C=O) groups is 2. The first kappa shape index (κ1) is 29.0. The van der Waals surface area contributed by atoms with E-state index in [0.29, 0.717) is 29.2 Å². The zero-order chi connectivity index (χ0) is 27.0. The highest BCUT2D eigenvalue weighted by Crippen LogP contribution is 2.28. The highest BCUT2D eigenvalue weighted by molar-refractivity contribution is 7.92. The molecule has 1 fully saturated rings. The number of sulfonamides is 1. The van der Waals surface area contributed by atoms with Gasteiger partial charge in [-0.1, -0.05) is 67.3 Å². The molecule has 1 atom stereocenters. The Bertz CT molecular complexity index is 1170. The highest BCUT2D eigenvalue weighted by atomic mass is 35.5. The molecule has 0 bridgehead atoms. The van der Waals surface area contributed by atoms with Gasteiger partial charge in [-0.15, -0.1) is 0 Å². The molecule has 2 amide bonds. The summed E-state index contributed by atoms with van der Waals surface area (Å²) in [4.78, 5) is 28.1. The monoisotopic (exact) mass is 547 g/mol. The number of benzene rings is 2. The molecule has 1 saturated carbocycles. The molecule has 2 aromatic rings. The molecule has 37 heavy (non-hydrogen) atoms. The van der Waals surface area contributed by atoms with Gasteiger partial charge in [0.1, 0.15) is 6.04 Å². The molecule has 1 aliphatic rings. The fourth-order valence-corrected chi connectivity index (χ4v) is 5.97. The minimum Gasteiger partial charge on any atom is -0.352 e. The Labute approximate surface area is 226 Å². The number of nitrogens with one attached hydrogen (secondary N) is 1. The summed E-state index contributed by atoms with van der Waals surface area (Å²) in [6, 6.07) is 14.2. The van der Waals surface area contributed by atoms with Gasteiger partial charge in [0.05, 0.1) is 11.9 Å². The number of hydrogen-bond acceptors (Lipinski definition) is 4. The van der Waals surface area contributed by atoms with Crippen molar-refractivity contribution in [2.45, 2.75) is 77.4 Å². The summed E-state index contributed by atoms with van der Waals surface area (Å²) in [6.07, 6.45) is 6.91. The summed E-state index contributed by atoms with van der Waals surface area (Å²) in [5, 5.41) is 3.61. The number of amides is 2. The molecule has 0 radical (unpaired) electrons. The lowest BCUT2D eigenvalue weighted by Gasteiger charge is -2.31. The van der Waals surface area contributed by atoms with E-state index in [1.807, 2.05) is 30.3 Å². The van der Waals surface area contributed by atoms with Crippen LogP contribution in [0.1, 0.15) is 63.0 Å². The first-order chi connectivity index (χ1) is 17.6. The van der Waals surface area contributed by atoms with Gasteiger partial charge in [0.25, 0.3) is 0 Å². The molecule has 7 nitrogen and oxygen atoms in total. The van der Waals surface area contributed by atoms with E-state index >= 15 is 0 Å². The predicted molar refractivity (Wildman–Crippen MR) is 149 cm³/mol. The average Bonchev–Trinajstić information content (AvgIpc) is 2.87.